The maximum Gasteiger partial charge on any atom is 0.203 e. The molecule has 3 aromatic rings. The van der Waals surface area contributed by atoms with Crippen LogP contribution in [0.25, 0.3) is 0 Å². The molecule has 32 heavy (non-hydrogen) atoms. The lowest BCUT2D eigenvalue weighted by Gasteiger charge is -2.35. The molecule has 2 atom stereocenters. The van der Waals surface area contributed by atoms with Gasteiger partial charge in [-0.3, -0.25) is 10.4 Å². The Morgan fingerprint density at radius 3 is 2.28 bits per heavy atom. The smallest absolute Gasteiger partial charge is 0.203 e. The van der Waals surface area contributed by atoms with Crippen LogP contribution >= 0.6 is 11.6 Å². The molecule has 1 aliphatic rings. The van der Waals surface area contributed by atoms with Gasteiger partial charge in [0.05, 0.1) is 16.5 Å². The Kier molecular flexibility index (Phi) is 5.65. The van der Waals surface area contributed by atoms with Crippen molar-refractivity contribution in [3.8, 4) is 6.07 Å². The van der Waals surface area contributed by atoms with Crippen molar-refractivity contribution in [3.05, 3.63) is 101 Å². The van der Waals surface area contributed by atoms with Crippen molar-refractivity contribution in [1.29, 1.82) is 10.7 Å². The van der Waals surface area contributed by atoms with Crippen molar-refractivity contribution in [2.75, 3.05) is 6.54 Å². The van der Waals surface area contributed by atoms with Crippen LogP contribution in [0.1, 0.15) is 22.6 Å². The molecule has 4 rings (SSSR count). The Morgan fingerprint density at radius 2 is 1.72 bits per heavy atom. The summed E-state index contributed by atoms with van der Waals surface area (Å²) in [6.45, 7) is 0.159. The van der Waals surface area contributed by atoms with E-state index < -0.39 is 20.6 Å². The van der Waals surface area contributed by atoms with Gasteiger partial charge < -0.3 is 5.73 Å². The fourth-order valence-corrected chi connectivity index (χ4v) is 6.33. The highest BCUT2D eigenvalue weighted by Crippen LogP contribution is 2.48. The predicted molar refractivity (Wildman–Crippen MR) is 122 cm³/mol. The van der Waals surface area contributed by atoms with Crippen molar-refractivity contribution in [1.82, 2.24) is 10.4 Å². The van der Waals surface area contributed by atoms with Crippen LogP contribution in [0.4, 0.5) is 0 Å². The van der Waals surface area contributed by atoms with Gasteiger partial charge in [-0.2, -0.15) is 5.26 Å². The number of nitriles is 1. The molecule has 4 N–H and O–H groups in total. The van der Waals surface area contributed by atoms with Crippen LogP contribution in [0.15, 0.2) is 83.8 Å². The zero-order valence-corrected chi connectivity index (χ0v) is 18.4. The van der Waals surface area contributed by atoms with Crippen molar-refractivity contribution < 1.29 is 8.42 Å². The van der Waals surface area contributed by atoms with E-state index in [0.717, 1.165) is 5.56 Å². The highest BCUT2D eigenvalue weighted by Gasteiger charge is 2.58. The average Bonchev–Trinajstić information content (AvgIpc) is 3.23. The zero-order valence-electron chi connectivity index (χ0n) is 16.9. The number of halogens is 1. The quantitative estimate of drug-likeness (QED) is 0.401. The number of nitrogens with one attached hydrogen (secondary N) is 2. The summed E-state index contributed by atoms with van der Waals surface area (Å²) in [6, 6.07) is 23.7. The zero-order chi connectivity index (χ0) is 22.9. The summed E-state index contributed by atoms with van der Waals surface area (Å²) in [5.41, 5.74) is 10.4. The number of nitrogens with two attached hydrogens (primary N) is 1. The van der Waals surface area contributed by atoms with Crippen LogP contribution in [0.2, 0.25) is 5.02 Å². The van der Waals surface area contributed by atoms with E-state index in [1.54, 1.807) is 24.3 Å². The van der Waals surface area contributed by atoms with Gasteiger partial charge in [0.1, 0.15) is 0 Å². The van der Waals surface area contributed by atoms with E-state index in [1.807, 2.05) is 30.3 Å². The lowest BCUT2D eigenvalue weighted by Crippen LogP contribution is -2.53. The minimum absolute atomic E-state index is 0.0742. The van der Waals surface area contributed by atoms with Crippen molar-refractivity contribution in [2.24, 2.45) is 5.73 Å². The number of hydrogen-bond donors (Lipinski definition) is 3. The molecule has 0 saturated carbocycles. The number of benzene rings is 3. The Hall–Kier alpha value is -3.38. The minimum atomic E-state index is -4.10. The molecule has 1 aliphatic heterocycles. The van der Waals surface area contributed by atoms with Gasteiger partial charge in [-0.15, -0.1) is 0 Å². The SMILES string of the molecule is N#Cc1ccc(C2(S(=O)(=O)c3ccc(Cl)cc3)NN(C(=N)N)CC2c2ccccc2)cc1. The Balaban J connectivity index is 2.02. The van der Waals surface area contributed by atoms with E-state index in [0.29, 0.717) is 16.1 Å². The second-order valence-electron chi connectivity index (χ2n) is 7.45. The Bertz CT molecular complexity index is 1290. The van der Waals surface area contributed by atoms with Gasteiger partial charge in [0.15, 0.2) is 4.87 Å². The average molecular weight is 466 g/mol. The van der Waals surface area contributed by atoms with Gasteiger partial charge in [-0.25, -0.2) is 13.8 Å². The highest BCUT2D eigenvalue weighted by molar-refractivity contribution is 7.92. The summed E-state index contributed by atoms with van der Waals surface area (Å²) < 4.78 is 28.5. The van der Waals surface area contributed by atoms with Gasteiger partial charge in [0, 0.05) is 17.5 Å². The lowest BCUT2D eigenvalue weighted by molar-refractivity contribution is 0.335. The number of hydrazine groups is 1. The molecule has 162 valence electrons. The maximum absolute atomic E-state index is 14.3. The number of hydrogen-bond acceptors (Lipinski definition) is 5. The summed E-state index contributed by atoms with van der Waals surface area (Å²) in [4.78, 5) is -1.60. The fraction of sp³-hybridized carbons (Fsp3) is 0.130. The molecule has 0 aliphatic carbocycles. The van der Waals surface area contributed by atoms with Crippen molar-refractivity contribution in [2.45, 2.75) is 15.7 Å². The van der Waals surface area contributed by atoms with Gasteiger partial charge in [-0.1, -0.05) is 54.1 Å². The highest BCUT2D eigenvalue weighted by atomic mass is 35.5. The first-order chi connectivity index (χ1) is 15.3. The molecule has 0 radical (unpaired) electrons. The van der Waals surface area contributed by atoms with E-state index in [9.17, 15) is 13.7 Å². The van der Waals surface area contributed by atoms with Crippen LogP contribution in [-0.4, -0.2) is 25.9 Å². The number of guanidine groups is 1. The van der Waals surface area contributed by atoms with E-state index in [4.69, 9.17) is 22.7 Å². The Labute approximate surface area is 191 Å². The molecule has 9 heteroatoms. The summed E-state index contributed by atoms with van der Waals surface area (Å²) in [5, 5.41) is 18.9. The van der Waals surface area contributed by atoms with Crippen LogP contribution in [0.3, 0.4) is 0 Å². The van der Waals surface area contributed by atoms with Gasteiger partial charge in [-0.05, 0) is 47.5 Å². The third kappa shape index (κ3) is 3.50. The molecular weight excluding hydrogens is 446 g/mol. The molecule has 2 unspecified atom stereocenters. The van der Waals surface area contributed by atoms with E-state index >= 15 is 0 Å². The molecule has 1 fully saturated rings. The van der Waals surface area contributed by atoms with Gasteiger partial charge in [0.25, 0.3) is 0 Å². The normalized spacial score (nSPS) is 20.6. The lowest BCUT2D eigenvalue weighted by atomic mass is 9.87. The fourth-order valence-electron chi connectivity index (χ4n) is 4.08. The van der Waals surface area contributed by atoms with Crippen LogP contribution in [0, 0.1) is 16.7 Å². The van der Waals surface area contributed by atoms with Crippen molar-refractivity contribution >= 4 is 27.4 Å². The summed E-state index contributed by atoms with van der Waals surface area (Å²) in [5.74, 6) is -0.908. The number of nitrogens with zero attached hydrogens (tertiary/aromatic N) is 2. The van der Waals surface area contributed by atoms with Crippen LogP contribution in [0.5, 0.6) is 0 Å². The predicted octanol–water partition coefficient (Wildman–Crippen LogP) is 3.34. The van der Waals surface area contributed by atoms with Gasteiger partial charge in [0.2, 0.25) is 15.8 Å². The maximum atomic E-state index is 14.3. The van der Waals surface area contributed by atoms with E-state index in [1.165, 1.54) is 29.3 Å². The molecule has 0 spiro atoms. The van der Waals surface area contributed by atoms with E-state index in [-0.39, 0.29) is 17.4 Å². The second-order valence-corrected chi connectivity index (χ2v) is 10.0. The molecule has 0 aromatic heterocycles. The minimum Gasteiger partial charge on any atom is -0.369 e. The first-order valence-corrected chi connectivity index (χ1v) is 11.6. The van der Waals surface area contributed by atoms with Gasteiger partial charge >= 0.3 is 0 Å². The molecule has 0 bridgehead atoms. The number of sulfone groups is 1. The van der Waals surface area contributed by atoms with Crippen LogP contribution in [-0.2, 0) is 14.7 Å². The molecule has 1 heterocycles. The molecular formula is C23H20ClN5O2S. The summed E-state index contributed by atoms with van der Waals surface area (Å²) in [6.07, 6.45) is 0. The first kappa shape index (κ1) is 21.8. The van der Waals surface area contributed by atoms with Crippen molar-refractivity contribution in [3.63, 3.8) is 0 Å². The Morgan fingerprint density at radius 1 is 1.09 bits per heavy atom. The summed E-state index contributed by atoms with van der Waals surface area (Å²) >= 11 is 6.00. The standard InChI is InChI=1S/C23H20ClN5O2S/c24-19-10-12-20(13-11-19)32(30,31)23(18-8-6-16(14-25)7-9-18)21(15-29(28-23)22(26)27)17-4-2-1-3-5-17/h1-13,21,28H,15H2,(H3,26,27). The molecule has 0 amide bonds. The first-order valence-electron chi connectivity index (χ1n) is 9.75. The third-order valence-electron chi connectivity index (χ3n) is 5.64. The molecule has 3 aromatic carbocycles. The summed E-state index contributed by atoms with van der Waals surface area (Å²) in [7, 11) is -4.10. The monoisotopic (exact) mass is 465 g/mol. The van der Waals surface area contributed by atoms with E-state index in [2.05, 4.69) is 11.5 Å². The molecule has 1 saturated heterocycles. The topological polar surface area (TPSA) is 123 Å². The molecule has 7 nitrogen and oxygen atoms in total. The second kappa shape index (κ2) is 8.28. The number of rotatable bonds is 4. The van der Waals surface area contributed by atoms with Crippen LogP contribution < -0.4 is 11.2 Å². The largest absolute Gasteiger partial charge is 0.369 e. The third-order valence-corrected chi connectivity index (χ3v) is 8.24.